The topological polar surface area (TPSA) is 103 Å². The first-order valence-corrected chi connectivity index (χ1v) is 11.1. The van der Waals surface area contributed by atoms with E-state index in [0.717, 1.165) is 25.9 Å². The second-order valence-corrected chi connectivity index (χ2v) is 9.14. The standard InChI is InChI=1S/C22H25F2N5O4/c1-11-10-29-17-13(7-14(15(23)16(17)24)9-25-28-5-3-4-6-28)8-22(18(29)12(2)33-11)19(30)26-21(32)27-20(22)31/h7,9,11-12,18H,3-6,8,10H2,1-2H3,(H2,26,27,30,31,32)/b25-9+/t11-,12+,18-/m1/s1. The minimum atomic E-state index is -1.74. The molecule has 0 unspecified atom stereocenters. The molecule has 1 aromatic rings. The number of morpholine rings is 1. The van der Waals surface area contributed by atoms with Crippen LogP contribution in [0.4, 0.5) is 19.3 Å². The number of benzene rings is 1. The second-order valence-electron chi connectivity index (χ2n) is 9.14. The minimum absolute atomic E-state index is 0.0148. The van der Waals surface area contributed by atoms with Crippen molar-refractivity contribution in [3.8, 4) is 0 Å². The van der Waals surface area contributed by atoms with Crippen molar-refractivity contribution in [2.75, 3.05) is 24.5 Å². The van der Waals surface area contributed by atoms with Gasteiger partial charge in [0.25, 0.3) is 0 Å². The number of halogens is 2. The van der Waals surface area contributed by atoms with Gasteiger partial charge in [0.1, 0.15) is 0 Å². The van der Waals surface area contributed by atoms with E-state index in [2.05, 4.69) is 15.7 Å². The van der Waals surface area contributed by atoms with Crippen molar-refractivity contribution < 1.29 is 27.9 Å². The molecule has 0 aliphatic carbocycles. The van der Waals surface area contributed by atoms with E-state index in [1.807, 2.05) is 0 Å². The van der Waals surface area contributed by atoms with E-state index >= 15 is 8.78 Å². The number of anilines is 1. The van der Waals surface area contributed by atoms with E-state index in [1.165, 1.54) is 12.3 Å². The molecule has 4 amide bonds. The molecule has 11 heteroatoms. The summed E-state index contributed by atoms with van der Waals surface area (Å²) in [6.07, 6.45) is 2.02. The lowest BCUT2D eigenvalue weighted by atomic mass is 9.66. The lowest BCUT2D eigenvalue weighted by Gasteiger charge is -2.55. The van der Waals surface area contributed by atoms with E-state index in [1.54, 1.807) is 23.8 Å². The molecule has 0 radical (unpaired) electrons. The van der Waals surface area contributed by atoms with E-state index in [0.29, 0.717) is 5.56 Å². The Kier molecular flexibility index (Phi) is 5.11. The molecule has 4 aliphatic heterocycles. The molecule has 5 rings (SSSR count). The van der Waals surface area contributed by atoms with Gasteiger partial charge in [0, 0.05) is 31.6 Å². The Hall–Kier alpha value is -3.08. The van der Waals surface area contributed by atoms with Gasteiger partial charge in [-0.25, -0.2) is 13.6 Å². The lowest BCUT2D eigenvalue weighted by molar-refractivity contribution is -0.153. The van der Waals surface area contributed by atoms with Crippen LogP contribution in [0, 0.1) is 17.0 Å². The maximum atomic E-state index is 15.5. The SMILES string of the molecule is C[C@@H]1CN2c3c(cc(/C=N/N4CCCC4)c(F)c3F)CC3(C(=O)NC(=O)NC3=O)[C@H]2[C@H](C)O1. The Morgan fingerprint density at radius 2 is 1.79 bits per heavy atom. The molecule has 33 heavy (non-hydrogen) atoms. The number of carbonyl (C=O) groups is 3. The van der Waals surface area contributed by atoms with Gasteiger partial charge in [-0.15, -0.1) is 0 Å². The summed E-state index contributed by atoms with van der Waals surface area (Å²) in [5.74, 6) is -3.65. The van der Waals surface area contributed by atoms with E-state index < -0.39 is 47.0 Å². The van der Waals surface area contributed by atoms with Crippen LogP contribution in [0.3, 0.4) is 0 Å². The van der Waals surface area contributed by atoms with Crippen molar-refractivity contribution >= 4 is 29.7 Å². The van der Waals surface area contributed by atoms with Crippen molar-refractivity contribution in [2.45, 2.75) is 51.4 Å². The third-order valence-corrected chi connectivity index (χ3v) is 6.94. The summed E-state index contributed by atoms with van der Waals surface area (Å²) in [5.41, 5.74) is -1.49. The van der Waals surface area contributed by atoms with Gasteiger partial charge in [0.2, 0.25) is 11.8 Å². The average molecular weight is 461 g/mol. The number of hydrazone groups is 1. The van der Waals surface area contributed by atoms with Crippen LogP contribution < -0.4 is 15.5 Å². The van der Waals surface area contributed by atoms with E-state index in [4.69, 9.17) is 4.74 Å². The maximum Gasteiger partial charge on any atom is 0.328 e. The van der Waals surface area contributed by atoms with Gasteiger partial charge in [-0.3, -0.25) is 25.2 Å². The number of urea groups is 1. The largest absolute Gasteiger partial charge is 0.372 e. The molecule has 1 aromatic carbocycles. The van der Waals surface area contributed by atoms with E-state index in [-0.39, 0.29) is 30.3 Å². The zero-order valence-corrected chi connectivity index (χ0v) is 18.4. The van der Waals surface area contributed by atoms with E-state index in [9.17, 15) is 14.4 Å². The van der Waals surface area contributed by atoms with Gasteiger partial charge in [-0.2, -0.15) is 5.10 Å². The number of carbonyl (C=O) groups excluding carboxylic acids is 3. The molecule has 0 saturated carbocycles. The highest BCUT2D eigenvalue weighted by Gasteiger charge is 2.63. The molecular formula is C22H25F2N5O4. The summed E-state index contributed by atoms with van der Waals surface area (Å²) in [5, 5.41) is 10.4. The third-order valence-electron chi connectivity index (χ3n) is 6.94. The lowest BCUT2D eigenvalue weighted by Crippen LogP contribution is -2.75. The molecular weight excluding hydrogens is 436 g/mol. The van der Waals surface area contributed by atoms with Crippen LogP contribution >= 0.6 is 0 Å². The normalized spacial score (nSPS) is 28.7. The predicted octanol–water partition coefficient (Wildman–Crippen LogP) is 1.29. The van der Waals surface area contributed by atoms with Gasteiger partial charge >= 0.3 is 6.03 Å². The Balaban J connectivity index is 1.65. The number of hydrogen-bond acceptors (Lipinski definition) is 7. The fourth-order valence-electron chi connectivity index (χ4n) is 5.61. The van der Waals surface area contributed by atoms with Gasteiger partial charge in [-0.05, 0) is 38.3 Å². The van der Waals surface area contributed by atoms with Crippen LogP contribution in [-0.4, -0.2) is 67.0 Å². The minimum Gasteiger partial charge on any atom is -0.372 e. The zero-order chi connectivity index (χ0) is 23.5. The average Bonchev–Trinajstić information content (AvgIpc) is 3.26. The molecule has 0 aromatic heterocycles. The van der Waals surface area contributed by atoms with Crippen LogP contribution in [0.5, 0.6) is 0 Å². The van der Waals surface area contributed by atoms with Crippen LogP contribution in [0.25, 0.3) is 0 Å². The quantitative estimate of drug-likeness (QED) is 0.508. The number of rotatable bonds is 2. The molecule has 4 aliphatic rings. The number of imide groups is 2. The summed E-state index contributed by atoms with van der Waals surface area (Å²) in [4.78, 5) is 39.6. The summed E-state index contributed by atoms with van der Waals surface area (Å²) < 4.78 is 36.5. The molecule has 9 nitrogen and oxygen atoms in total. The summed E-state index contributed by atoms with van der Waals surface area (Å²) in [6.45, 7) is 5.10. The fraction of sp³-hybridized carbons (Fsp3) is 0.545. The van der Waals surface area contributed by atoms with Crippen LogP contribution in [0.1, 0.15) is 37.8 Å². The van der Waals surface area contributed by atoms with Crippen LogP contribution in [-0.2, 0) is 20.7 Å². The molecule has 0 bridgehead atoms. The van der Waals surface area contributed by atoms with Gasteiger partial charge in [0.15, 0.2) is 17.0 Å². The molecule has 2 N–H and O–H groups in total. The number of nitrogens with one attached hydrogen (secondary N) is 2. The molecule has 176 valence electrons. The third kappa shape index (κ3) is 3.28. The summed E-state index contributed by atoms with van der Waals surface area (Å²) in [6, 6.07) is -0.394. The molecule has 4 heterocycles. The summed E-state index contributed by atoms with van der Waals surface area (Å²) in [7, 11) is 0. The highest BCUT2D eigenvalue weighted by Crippen LogP contribution is 2.48. The van der Waals surface area contributed by atoms with Crippen molar-refractivity contribution in [3.05, 3.63) is 28.8 Å². The Bertz CT molecular complexity index is 1050. The first-order chi connectivity index (χ1) is 15.7. The number of fused-ring (bicyclic) bond motifs is 4. The van der Waals surface area contributed by atoms with Gasteiger partial charge in [-0.1, -0.05) is 0 Å². The second kappa shape index (κ2) is 7.75. The number of barbiturate groups is 1. The monoisotopic (exact) mass is 461 g/mol. The smallest absolute Gasteiger partial charge is 0.328 e. The number of ether oxygens (including phenoxy) is 1. The van der Waals surface area contributed by atoms with Crippen molar-refractivity contribution in [1.82, 2.24) is 15.6 Å². The highest BCUT2D eigenvalue weighted by atomic mass is 19.2. The molecule has 3 atom stereocenters. The van der Waals surface area contributed by atoms with Crippen LogP contribution in [0.15, 0.2) is 11.2 Å². The maximum absolute atomic E-state index is 15.5. The van der Waals surface area contributed by atoms with Crippen molar-refractivity contribution in [1.29, 1.82) is 0 Å². The predicted molar refractivity (Wildman–Crippen MR) is 114 cm³/mol. The Morgan fingerprint density at radius 3 is 2.45 bits per heavy atom. The highest BCUT2D eigenvalue weighted by molar-refractivity contribution is 6.20. The van der Waals surface area contributed by atoms with Gasteiger partial charge in [0.05, 0.1) is 30.2 Å². The zero-order valence-electron chi connectivity index (χ0n) is 18.4. The number of nitrogens with zero attached hydrogens (tertiary/aromatic N) is 3. The fourth-order valence-corrected chi connectivity index (χ4v) is 5.61. The summed E-state index contributed by atoms with van der Waals surface area (Å²) >= 11 is 0. The van der Waals surface area contributed by atoms with Crippen LogP contribution in [0.2, 0.25) is 0 Å². The first kappa shape index (κ1) is 21.7. The van der Waals surface area contributed by atoms with Crippen molar-refractivity contribution in [3.63, 3.8) is 0 Å². The molecule has 3 fully saturated rings. The van der Waals surface area contributed by atoms with Gasteiger partial charge < -0.3 is 9.64 Å². The Labute approximate surface area is 189 Å². The first-order valence-electron chi connectivity index (χ1n) is 11.1. The van der Waals surface area contributed by atoms with Crippen molar-refractivity contribution in [2.24, 2.45) is 10.5 Å². The number of hydrogen-bond donors (Lipinski definition) is 2. The number of amides is 4. The molecule has 1 spiro atoms. The Morgan fingerprint density at radius 1 is 1.12 bits per heavy atom. The molecule has 3 saturated heterocycles.